The number of carbonyl (C=O) groups excluding carboxylic acids is 2. The van der Waals surface area contributed by atoms with Crippen molar-refractivity contribution in [2.24, 2.45) is 0 Å². The second-order valence-corrected chi connectivity index (χ2v) is 8.17. The number of hydrogen-bond acceptors (Lipinski definition) is 4. The molecule has 2 aliphatic heterocycles. The molecule has 0 aliphatic carbocycles. The van der Waals surface area contributed by atoms with E-state index in [4.69, 9.17) is 16.3 Å². The lowest BCUT2D eigenvalue weighted by Crippen LogP contribution is -2.37. The standard InChI is InChI=1S/C26H21ClN2O3/c1-32-22-11-5-3-9-20(22)23-24(28-16-6-8-17-7-2-4-10-21(17)28)26(31)29(25(23)30)19-14-12-18(27)13-15-19/h2-5,7,9-15H,6,8,16H2,1H3. The fourth-order valence-electron chi connectivity index (χ4n) is 4.45. The summed E-state index contributed by atoms with van der Waals surface area (Å²) in [6.07, 6.45) is 1.83. The molecule has 3 aromatic rings. The molecular formula is C26H21ClN2O3. The number of carbonyl (C=O) groups is 2. The number of nitrogens with zero attached hydrogens (tertiary/aromatic N) is 2. The maximum Gasteiger partial charge on any atom is 0.282 e. The number of ether oxygens (including phenoxy) is 1. The molecule has 0 saturated carbocycles. The summed E-state index contributed by atoms with van der Waals surface area (Å²) in [5, 5.41) is 0.538. The number of amides is 2. The van der Waals surface area contributed by atoms with Gasteiger partial charge in [0.15, 0.2) is 0 Å². The van der Waals surface area contributed by atoms with Crippen molar-refractivity contribution in [2.45, 2.75) is 12.8 Å². The third kappa shape index (κ3) is 3.26. The Morgan fingerprint density at radius 3 is 2.38 bits per heavy atom. The molecule has 6 heteroatoms. The van der Waals surface area contributed by atoms with E-state index in [0.717, 1.165) is 24.1 Å². The van der Waals surface area contributed by atoms with Gasteiger partial charge < -0.3 is 9.64 Å². The molecule has 0 bridgehead atoms. The van der Waals surface area contributed by atoms with Gasteiger partial charge in [-0.05, 0) is 54.8 Å². The molecule has 160 valence electrons. The molecule has 2 aliphatic rings. The molecule has 0 fully saturated rings. The van der Waals surface area contributed by atoms with Crippen LogP contribution in [0, 0.1) is 0 Å². The molecule has 2 heterocycles. The molecule has 3 aromatic carbocycles. The van der Waals surface area contributed by atoms with E-state index in [1.165, 1.54) is 4.90 Å². The molecule has 5 rings (SSSR count). The van der Waals surface area contributed by atoms with Crippen LogP contribution in [0.1, 0.15) is 17.5 Å². The number of anilines is 2. The molecular weight excluding hydrogens is 424 g/mol. The van der Waals surface area contributed by atoms with E-state index in [1.807, 2.05) is 41.3 Å². The Labute approximate surface area is 191 Å². The van der Waals surface area contributed by atoms with E-state index in [-0.39, 0.29) is 11.8 Å². The summed E-state index contributed by atoms with van der Waals surface area (Å²) in [5.74, 6) is -0.181. The Morgan fingerprint density at radius 1 is 0.875 bits per heavy atom. The number of benzene rings is 3. The van der Waals surface area contributed by atoms with Crippen LogP contribution in [0.4, 0.5) is 11.4 Å². The predicted octanol–water partition coefficient (Wildman–Crippen LogP) is 5.09. The zero-order valence-corrected chi connectivity index (χ0v) is 18.3. The normalized spacial score (nSPS) is 15.9. The Kier molecular flexibility index (Phi) is 5.19. The van der Waals surface area contributed by atoms with E-state index in [0.29, 0.717) is 39.8 Å². The molecule has 0 aromatic heterocycles. The molecule has 0 N–H and O–H groups in total. The zero-order valence-electron chi connectivity index (χ0n) is 17.5. The summed E-state index contributed by atoms with van der Waals surface area (Å²) in [6, 6.07) is 22.1. The lowest BCUT2D eigenvalue weighted by molar-refractivity contribution is -0.120. The van der Waals surface area contributed by atoms with E-state index in [1.54, 1.807) is 37.4 Å². The highest BCUT2D eigenvalue weighted by atomic mass is 35.5. The summed E-state index contributed by atoms with van der Waals surface area (Å²) in [7, 11) is 1.56. The number of hydrogen-bond donors (Lipinski definition) is 0. The van der Waals surface area contributed by atoms with Crippen molar-refractivity contribution >= 4 is 40.4 Å². The molecule has 0 unspecified atom stereocenters. The number of fused-ring (bicyclic) bond motifs is 1. The van der Waals surface area contributed by atoms with Gasteiger partial charge in [-0.3, -0.25) is 9.59 Å². The topological polar surface area (TPSA) is 49.9 Å². The average molecular weight is 445 g/mol. The molecule has 5 nitrogen and oxygen atoms in total. The van der Waals surface area contributed by atoms with Crippen LogP contribution in [0.3, 0.4) is 0 Å². The summed E-state index contributed by atoms with van der Waals surface area (Å²) < 4.78 is 5.55. The SMILES string of the molecule is COc1ccccc1C1=C(N2CCCc3ccccc32)C(=O)N(c2ccc(Cl)cc2)C1=O. The number of rotatable bonds is 4. The molecule has 2 amide bonds. The van der Waals surface area contributed by atoms with Crippen molar-refractivity contribution in [3.05, 3.63) is 94.6 Å². The molecule has 0 radical (unpaired) electrons. The number of imide groups is 1. The zero-order chi connectivity index (χ0) is 22.2. The smallest absolute Gasteiger partial charge is 0.282 e. The third-order valence-corrected chi connectivity index (χ3v) is 6.15. The second-order valence-electron chi connectivity index (χ2n) is 7.73. The lowest BCUT2D eigenvalue weighted by atomic mass is 9.98. The summed E-state index contributed by atoms with van der Waals surface area (Å²) in [5.41, 5.74) is 3.93. The van der Waals surface area contributed by atoms with Crippen molar-refractivity contribution in [2.75, 3.05) is 23.5 Å². The van der Waals surface area contributed by atoms with E-state index < -0.39 is 0 Å². The first-order valence-corrected chi connectivity index (χ1v) is 10.9. The van der Waals surface area contributed by atoms with Gasteiger partial charge in [-0.25, -0.2) is 4.90 Å². The molecule has 0 spiro atoms. The third-order valence-electron chi connectivity index (χ3n) is 5.90. The lowest BCUT2D eigenvalue weighted by Gasteiger charge is -2.32. The van der Waals surface area contributed by atoms with E-state index >= 15 is 0 Å². The molecule has 0 saturated heterocycles. The maximum absolute atomic E-state index is 13.8. The van der Waals surface area contributed by atoms with Crippen molar-refractivity contribution in [3.63, 3.8) is 0 Å². The minimum absolute atomic E-state index is 0.346. The maximum atomic E-state index is 13.8. The second kappa shape index (κ2) is 8.17. The number of halogens is 1. The van der Waals surface area contributed by atoms with Gasteiger partial charge in [0.1, 0.15) is 11.4 Å². The van der Waals surface area contributed by atoms with Crippen molar-refractivity contribution in [1.29, 1.82) is 0 Å². The van der Waals surface area contributed by atoms with Crippen molar-refractivity contribution < 1.29 is 14.3 Å². The Bertz CT molecular complexity index is 1250. The largest absolute Gasteiger partial charge is 0.496 e. The van der Waals surface area contributed by atoms with Crippen LogP contribution in [-0.4, -0.2) is 25.5 Å². The minimum atomic E-state index is -0.375. The van der Waals surface area contributed by atoms with E-state index in [2.05, 4.69) is 6.07 Å². The van der Waals surface area contributed by atoms with Gasteiger partial charge >= 0.3 is 0 Å². The van der Waals surface area contributed by atoms with E-state index in [9.17, 15) is 9.59 Å². The Hall–Kier alpha value is -3.57. The molecule has 32 heavy (non-hydrogen) atoms. The van der Waals surface area contributed by atoms with Crippen molar-refractivity contribution in [1.82, 2.24) is 0 Å². The van der Waals surface area contributed by atoms with Gasteiger partial charge in [0.2, 0.25) is 0 Å². The van der Waals surface area contributed by atoms with Crippen LogP contribution in [0.25, 0.3) is 5.57 Å². The van der Waals surface area contributed by atoms with Gasteiger partial charge in [0.25, 0.3) is 11.8 Å². The van der Waals surface area contributed by atoms with Gasteiger partial charge in [-0.15, -0.1) is 0 Å². The van der Waals surface area contributed by atoms with Crippen LogP contribution in [-0.2, 0) is 16.0 Å². The fraction of sp³-hybridized carbons (Fsp3) is 0.154. The van der Waals surface area contributed by atoms with Crippen LogP contribution in [0.5, 0.6) is 5.75 Å². The Balaban J connectivity index is 1.72. The number of methoxy groups -OCH3 is 1. The van der Waals surface area contributed by atoms with Gasteiger partial charge in [0, 0.05) is 22.8 Å². The monoisotopic (exact) mass is 444 g/mol. The average Bonchev–Trinajstić information content (AvgIpc) is 3.09. The van der Waals surface area contributed by atoms with Crippen LogP contribution in [0.15, 0.2) is 78.5 Å². The predicted molar refractivity (Wildman–Crippen MR) is 126 cm³/mol. The number of para-hydroxylation sites is 2. The first kappa shape index (κ1) is 20.3. The summed E-state index contributed by atoms with van der Waals surface area (Å²) in [6.45, 7) is 0.651. The van der Waals surface area contributed by atoms with Gasteiger partial charge in [-0.2, -0.15) is 0 Å². The quantitative estimate of drug-likeness (QED) is 0.526. The minimum Gasteiger partial charge on any atom is -0.496 e. The van der Waals surface area contributed by atoms with Gasteiger partial charge in [-0.1, -0.05) is 48.0 Å². The summed E-state index contributed by atoms with van der Waals surface area (Å²) in [4.78, 5) is 30.8. The van der Waals surface area contributed by atoms with Crippen LogP contribution >= 0.6 is 11.6 Å². The van der Waals surface area contributed by atoms with Crippen LogP contribution in [0.2, 0.25) is 5.02 Å². The van der Waals surface area contributed by atoms with Gasteiger partial charge in [0.05, 0.1) is 18.4 Å². The molecule has 0 atom stereocenters. The first-order chi connectivity index (χ1) is 15.6. The highest BCUT2D eigenvalue weighted by Crippen LogP contribution is 2.41. The first-order valence-electron chi connectivity index (χ1n) is 10.5. The Morgan fingerprint density at radius 2 is 1.59 bits per heavy atom. The fourth-order valence-corrected chi connectivity index (χ4v) is 4.58. The van der Waals surface area contributed by atoms with Crippen LogP contribution < -0.4 is 14.5 Å². The summed E-state index contributed by atoms with van der Waals surface area (Å²) >= 11 is 6.04. The highest BCUT2D eigenvalue weighted by molar-refractivity contribution is 6.46. The highest BCUT2D eigenvalue weighted by Gasteiger charge is 2.44. The van der Waals surface area contributed by atoms with Crippen molar-refractivity contribution in [3.8, 4) is 5.75 Å². The number of aryl methyl sites for hydroxylation is 1.